The summed E-state index contributed by atoms with van der Waals surface area (Å²) in [4.78, 5) is 0. The summed E-state index contributed by atoms with van der Waals surface area (Å²) in [6.07, 6.45) is 0. The van der Waals surface area contributed by atoms with Crippen LogP contribution in [0.3, 0.4) is 0 Å². The zero-order chi connectivity index (χ0) is 9.42. The molecule has 0 atom stereocenters. The lowest BCUT2D eigenvalue weighted by Crippen LogP contribution is -1.84. The molecule has 0 nitrogen and oxygen atoms in total. The highest BCUT2D eigenvalue weighted by Crippen LogP contribution is 2.28. The molecule has 0 radical (unpaired) electrons. The lowest BCUT2D eigenvalue weighted by molar-refractivity contribution is 1.64. The topological polar surface area (TPSA) is 0 Å². The molecule has 3 heteroatoms. The van der Waals surface area contributed by atoms with Crippen LogP contribution in [0.25, 0.3) is 10.8 Å². The number of halogens is 3. The van der Waals surface area contributed by atoms with E-state index in [0.717, 1.165) is 0 Å². The summed E-state index contributed by atoms with van der Waals surface area (Å²) in [5.41, 5.74) is 0. The second-order valence-electron chi connectivity index (χ2n) is 2.69. The van der Waals surface area contributed by atoms with E-state index in [1.807, 2.05) is 0 Å². The van der Waals surface area contributed by atoms with Gasteiger partial charge in [0, 0.05) is 16.1 Å². The van der Waals surface area contributed by atoms with Gasteiger partial charge < -0.3 is 0 Å². The molecule has 2 aromatic carbocycles. The minimum absolute atomic E-state index is 1.33. The Kier molecular flexibility index (Phi) is 3.34. The van der Waals surface area contributed by atoms with Gasteiger partial charge in [-0.05, 0) is 91.4 Å². The first-order chi connectivity index (χ1) is 6.20. The highest BCUT2D eigenvalue weighted by molar-refractivity contribution is 14.1. The van der Waals surface area contributed by atoms with Crippen molar-refractivity contribution in [3.63, 3.8) is 0 Å². The van der Waals surface area contributed by atoms with Crippen LogP contribution >= 0.6 is 67.8 Å². The van der Waals surface area contributed by atoms with E-state index < -0.39 is 0 Å². The normalized spacial score (nSPS) is 10.7. The van der Waals surface area contributed by atoms with Gasteiger partial charge in [-0.15, -0.1) is 0 Å². The summed E-state index contributed by atoms with van der Waals surface area (Å²) in [5.74, 6) is 0. The van der Waals surface area contributed by atoms with E-state index in [0.29, 0.717) is 0 Å². The Balaban J connectivity index is 3.00. The molecule has 0 saturated carbocycles. The molecule has 0 heterocycles. The molecule has 0 saturated heterocycles. The summed E-state index contributed by atoms with van der Waals surface area (Å²) in [6, 6.07) is 10.8. The smallest absolute Gasteiger partial charge is 0.0220 e. The Bertz CT molecular complexity index is 455. The Morgan fingerprint density at radius 1 is 0.692 bits per heavy atom. The fourth-order valence-corrected chi connectivity index (χ4v) is 3.98. The molecule has 0 spiro atoms. The van der Waals surface area contributed by atoms with Crippen LogP contribution in [0.2, 0.25) is 0 Å². The summed E-state index contributed by atoms with van der Waals surface area (Å²) in [7, 11) is 0. The Morgan fingerprint density at radius 3 is 2.00 bits per heavy atom. The standard InChI is InChI=1S/C10H5I3/c11-7-4-5-9(13)10-6(7)2-1-3-8(10)12/h1-5H. The lowest BCUT2D eigenvalue weighted by atomic mass is 10.1. The fraction of sp³-hybridized carbons (Fsp3) is 0. The van der Waals surface area contributed by atoms with Gasteiger partial charge >= 0.3 is 0 Å². The predicted octanol–water partition coefficient (Wildman–Crippen LogP) is 4.65. The van der Waals surface area contributed by atoms with Gasteiger partial charge in [0.15, 0.2) is 0 Å². The molecule has 0 amide bonds. The zero-order valence-electron chi connectivity index (χ0n) is 6.52. The molecule has 0 unspecified atom stereocenters. The Morgan fingerprint density at radius 2 is 1.31 bits per heavy atom. The van der Waals surface area contributed by atoms with Crippen molar-refractivity contribution in [1.29, 1.82) is 0 Å². The highest BCUT2D eigenvalue weighted by atomic mass is 127. The van der Waals surface area contributed by atoms with Gasteiger partial charge in [0.1, 0.15) is 0 Å². The maximum Gasteiger partial charge on any atom is 0.0220 e. The van der Waals surface area contributed by atoms with Crippen molar-refractivity contribution in [3.8, 4) is 0 Å². The minimum Gasteiger partial charge on any atom is -0.0605 e. The van der Waals surface area contributed by atoms with Crippen LogP contribution in [0, 0.1) is 10.7 Å². The molecule has 66 valence electrons. The van der Waals surface area contributed by atoms with Gasteiger partial charge in [-0.3, -0.25) is 0 Å². The average Bonchev–Trinajstić information content (AvgIpc) is 2.12. The van der Waals surface area contributed by atoms with Crippen LogP contribution in [0.1, 0.15) is 0 Å². The van der Waals surface area contributed by atoms with Gasteiger partial charge in [-0.2, -0.15) is 0 Å². The third kappa shape index (κ3) is 1.97. The lowest BCUT2D eigenvalue weighted by Gasteiger charge is -2.04. The summed E-state index contributed by atoms with van der Waals surface area (Å²) < 4.78 is 3.99. The van der Waals surface area contributed by atoms with Crippen molar-refractivity contribution in [2.45, 2.75) is 0 Å². The highest BCUT2D eigenvalue weighted by Gasteiger charge is 2.04. The molecule has 0 N–H and O–H groups in total. The summed E-state index contributed by atoms with van der Waals surface area (Å²) in [6.45, 7) is 0. The first-order valence-corrected chi connectivity index (χ1v) is 6.96. The van der Waals surface area contributed by atoms with Crippen molar-refractivity contribution in [3.05, 3.63) is 41.0 Å². The molecule has 0 fully saturated rings. The Labute approximate surface area is 118 Å². The molecule has 0 aliphatic carbocycles. The molecule has 2 aromatic rings. The van der Waals surface area contributed by atoms with E-state index in [1.54, 1.807) is 0 Å². The summed E-state index contributed by atoms with van der Waals surface area (Å²) >= 11 is 7.17. The molecule has 13 heavy (non-hydrogen) atoms. The number of hydrogen-bond donors (Lipinski definition) is 0. The number of benzene rings is 2. The molecule has 2 rings (SSSR count). The van der Waals surface area contributed by atoms with Crippen molar-refractivity contribution in [1.82, 2.24) is 0 Å². The Hall–Kier alpha value is 0.890. The molecular weight excluding hydrogens is 501 g/mol. The van der Waals surface area contributed by atoms with Gasteiger partial charge in [0.25, 0.3) is 0 Å². The van der Waals surface area contributed by atoms with Crippen molar-refractivity contribution >= 4 is 78.5 Å². The predicted molar refractivity (Wildman–Crippen MR) is 82.1 cm³/mol. The van der Waals surface area contributed by atoms with Crippen LogP contribution in [0.5, 0.6) is 0 Å². The van der Waals surface area contributed by atoms with Crippen LogP contribution < -0.4 is 0 Å². The quantitative estimate of drug-likeness (QED) is 0.457. The van der Waals surface area contributed by atoms with Crippen LogP contribution in [0.15, 0.2) is 30.3 Å². The second-order valence-corrected chi connectivity index (χ2v) is 6.18. The molecule has 0 bridgehead atoms. The average molecular weight is 506 g/mol. The van der Waals surface area contributed by atoms with Gasteiger partial charge in [-0.25, -0.2) is 0 Å². The first kappa shape index (κ1) is 10.4. The van der Waals surface area contributed by atoms with Crippen molar-refractivity contribution in [2.24, 2.45) is 0 Å². The van der Waals surface area contributed by atoms with E-state index in [1.165, 1.54) is 21.5 Å². The van der Waals surface area contributed by atoms with E-state index in [9.17, 15) is 0 Å². The third-order valence-corrected chi connectivity index (χ3v) is 4.62. The molecule has 0 aromatic heterocycles. The molecule has 0 aliphatic rings. The van der Waals surface area contributed by atoms with E-state index in [4.69, 9.17) is 0 Å². The van der Waals surface area contributed by atoms with E-state index >= 15 is 0 Å². The zero-order valence-corrected chi connectivity index (χ0v) is 13.0. The fourth-order valence-electron chi connectivity index (χ4n) is 1.29. The number of rotatable bonds is 0. The van der Waals surface area contributed by atoms with Crippen molar-refractivity contribution in [2.75, 3.05) is 0 Å². The van der Waals surface area contributed by atoms with Gasteiger partial charge in [0.05, 0.1) is 0 Å². The monoisotopic (exact) mass is 506 g/mol. The van der Waals surface area contributed by atoms with Crippen LogP contribution in [0.4, 0.5) is 0 Å². The van der Waals surface area contributed by atoms with Gasteiger partial charge in [0.2, 0.25) is 0 Å². The maximum atomic E-state index is 2.39. The summed E-state index contributed by atoms with van der Waals surface area (Å²) in [5, 5.41) is 2.75. The minimum atomic E-state index is 1.33. The SMILES string of the molecule is Ic1ccc(I)c2c(I)cccc12. The molecule has 0 aliphatic heterocycles. The van der Waals surface area contributed by atoms with Crippen LogP contribution in [-0.4, -0.2) is 0 Å². The molecular formula is C10H5I3. The maximum absolute atomic E-state index is 2.39. The third-order valence-electron chi connectivity index (χ3n) is 1.89. The van der Waals surface area contributed by atoms with Gasteiger partial charge in [-0.1, -0.05) is 12.1 Å². The van der Waals surface area contributed by atoms with Crippen molar-refractivity contribution < 1.29 is 0 Å². The van der Waals surface area contributed by atoms with E-state index in [-0.39, 0.29) is 0 Å². The second kappa shape index (κ2) is 4.18. The number of fused-ring (bicyclic) bond motifs is 1. The largest absolute Gasteiger partial charge is 0.0605 e. The number of hydrogen-bond acceptors (Lipinski definition) is 0. The van der Waals surface area contributed by atoms with Crippen LogP contribution in [-0.2, 0) is 0 Å². The van der Waals surface area contributed by atoms with E-state index in [2.05, 4.69) is 98.1 Å². The first-order valence-electron chi connectivity index (χ1n) is 3.72.